The number of ether oxygens (including phenoxy) is 1. The molecule has 2 rings (SSSR count). The van der Waals surface area contributed by atoms with Crippen LogP contribution in [0.15, 0.2) is 30.6 Å². The molecule has 0 atom stereocenters. The van der Waals surface area contributed by atoms with Gasteiger partial charge in [-0.1, -0.05) is 0 Å². The van der Waals surface area contributed by atoms with Crippen LogP contribution < -0.4 is 4.74 Å². The summed E-state index contributed by atoms with van der Waals surface area (Å²) < 4.78 is 66.1. The van der Waals surface area contributed by atoms with E-state index in [9.17, 15) is 22.0 Å². The number of nitrogens with zero attached hydrogens (tertiary/aromatic N) is 2. The van der Waals surface area contributed by atoms with Crippen molar-refractivity contribution < 1.29 is 26.7 Å². The fourth-order valence-electron chi connectivity index (χ4n) is 1.49. The third-order valence-corrected chi connectivity index (χ3v) is 2.36. The molecule has 0 amide bonds. The zero-order chi connectivity index (χ0) is 14.7. The minimum Gasteiger partial charge on any atom is -0.415 e. The van der Waals surface area contributed by atoms with E-state index in [1.807, 2.05) is 0 Å². The molecule has 106 valence electrons. The Kier molecular flexibility index (Phi) is 4.11. The molecule has 0 saturated carbocycles. The predicted octanol–water partition coefficient (Wildman–Crippen LogP) is 3.82. The molecule has 0 fully saturated rings. The van der Waals surface area contributed by atoms with Gasteiger partial charge in [0.05, 0.1) is 23.7 Å². The van der Waals surface area contributed by atoms with Gasteiger partial charge in [-0.05, 0) is 18.2 Å². The fraction of sp³-hybridized carbons (Fsp3) is 0.167. The van der Waals surface area contributed by atoms with Crippen molar-refractivity contribution in [2.24, 2.45) is 0 Å². The third kappa shape index (κ3) is 3.19. The van der Waals surface area contributed by atoms with Crippen LogP contribution in [-0.2, 0) is 0 Å². The molecular weight excluding hydrogens is 283 g/mol. The van der Waals surface area contributed by atoms with Crippen LogP contribution in [0.2, 0.25) is 0 Å². The van der Waals surface area contributed by atoms with Crippen molar-refractivity contribution >= 4 is 0 Å². The molecule has 0 saturated heterocycles. The van der Waals surface area contributed by atoms with Gasteiger partial charge in [0.25, 0.3) is 6.43 Å². The summed E-state index contributed by atoms with van der Waals surface area (Å²) in [6.07, 6.45) is -0.975. The Balaban J connectivity index is 2.30. The van der Waals surface area contributed by atoms with E-state index in [1.54, 1.807) is 0 Å². The Hall–Kier alpha value is -2.25. The van der Waals surface area contributed by atoms with Crippen LogP contribution >= 0.6 is 0 Å². The van der Waals surface area contributed by atoms with Crippen molar-refractivity contribution in [1.29, 1.82) is 0 Å². The van der Waals surface area contributed by atoms with E-state index in [0.29, 0.717) is 0 Å². The molecular formula is C12H7F5N2O. The van der Waals surface area contributed by atoms with Crippen molar-refractivity contribution in [3.8, 4) is 17.1 Å². The van der Waals surface area contributed by atoms with Gasteiger partial charge in [0.2, 0.25) is 5.88 Å². The number of rotatable bonds is 4. The van der Waals surface area contributed by atoms with E-state index in [0.717, 1.165) is 24.5 Å². The largest absolute Gasteiger partial charge is 0.415 e. The van der Waals surface area contributed by atoms with E-state index >= 15 is 0 Å². The van der Waals surface area contributed by atoms with Gasteiger partial charge >= 0.3 is 6.61 Å². The molecule has 0 aliphatic heterocycles. The van der Waals surface area contributed by atoms with Gasteiger partial charge in [-0.25, -0.2) is 23.1 Å². The second-order valence-electron chi connectivity index (χ2n) is 3.66. The highest BCUT2D eigenvalue weighted by Crippen LogP contribution is 2.27. The minimum atomic E-state index is -3.04. The molecule has 0 spiro atoms. The van der Waals surface area contributed by atoms with Crippen LogP contribution in [0.4, 0.5) is 22.0 Å². The lowest BCUT2D eigenvalue weighted by atomic mass is 10.1. The molecule has 0 aliphatic rings. The molecule has 20 heavy (non-hydrogen) atoms. The van der Waals surface area contributed by atoms with Crippen LogP contribution in [0.5, 0.6) is 5.88 Å². The Labute approximate surface area is 110 Å². The van der Waals surface area contributed by atoms with Gasteiger partial charge in [0, 0.05) is 5.56 Å². The average Bonchev–Trinajstić information content (AvgIpc) is 2.39. The first-order chi connectivity index (χ1) is 9.47. The highest BCUT2D eigenvalue weighted by atomic mass is 19.3. The Morgan fingerprint density at radius 2 is 1.75 bits per heavy atom. The SMILES string of the molecule is Fc1ccc(-c2cnc(OC(F)F)cn2)cc1C(F)F. The molecule has 1 heterocycles. The number of hydrogen-bond donors (Lipinski definition) is 0. The predicted molar refractivity (Wildman–Crippen MR) is 59.0 cm³/mol. The maximum absolute atomic E-state index is 13.1. The highest BCUT2D eigenvalue weighted by Gasteiger charge is 2.15. The van der Waals surface area contributed by atoms with Crippen molar-refractivity contribution in [3.05, 3.63) is 42.0 Å². The normalized spacial score (nSPS) is 11.2. The number of benzene rings is 1. The van der Waals surface area contributed by atoms with E-state index < -0.39 is 30.3 Å². The lowest BCUT2D eigenvalue weighted by molar-refractivity contribution is -0.0530. The fourth-order valence-corrected chi connectivity index (χ4v) is 1.49. The molecule has 0 radical (unpaired) electrons. The first-order valence-corrected chi connectivity index (χ1v) is 5.32. The summed E-state index contributed by atoms with van der Waals surface area (Å²) >= 11 is 0. The summed E-state index contributed by atoms with van der Waals surface area (Å²) in [5.41, 5.74) is -0.441. The highest BCUT2D eigenvalue weighted by molar-refractivity contribution is 5.59. The van der Waals surface area contributed by atoms with Gasteiger partial charge in [-0.3, -0.25) is 0 Å². The second kappa shape index (κ2) is 5.81. The molecule has 0 bridgehead atoms. The smallest absolute Gasteiger partial charge is 0.388 e. The van der Waals surface area contributed by atoms with Crippen LogP contribution in [-0.4, -0.2) is 16.6 Å². The third-order valence-electron chi connectivity index (χ3n) is 2.36. The van der Waals surface area contributed by atoms with Gasteiger partial charge in [-0.15, -0.1) is 0 Å². The zero-order valence-electron chi connectivity index (χ0n) is 9.73. The van der Waals surface area contributed by atoms with Crippen LogP contribution in [0, 0.1) is 5.82 Å². The molecule has 1 aromatic carbocycles. The number of hydrogen-bond acceptors (Lipinski definition) is 3. The van der Waals surface area contributed by atoms with E-state index in [-0.39, 0.29) is 11.3 Å². The summed E-state index contributed by atoms with van der Waals surface area (Å²) in [4.78, 5) is 7.29. The van der Waals surface area contributed by atoms with E-state index in [4.69, 9.17) is 0 Å². The maximum Gasteiger partial charge on any atom is 0.388 e. The first kappa shape index (κ1) is 14.2. The minimum absolute atomic E-state index is 0.133. The van der Waals surface area contributed by atoms with Crippen molar-refractivity contribution in [1.82, 2.24) is 9.97 Å². The lowest BCUT2D eigenvalue weighted by Gasteiger charge is -2.06. The monoisotopic (exact) mass is 290 g/mol. The Morgan fingerprint density at radius 1 is 1.00 bits per heavy atom. The van der Waals surface area contributed by atoms with Gasteiger partial charge < -0.3 is 4.74 Å². The Morgan fingerprint density at radius 3 is 2.30 bits per heavy atom. The summed E-state index contributed by atoms with van der Waals surface area (Å²) in [5.74, 6) is -1.44. The van der Waals surface area contributed by atoms with Crippen LogP contribution in [0.25, 0.3) is 11.3 Å². The van der Waals surface area contributed by atoms with Gasteiger partial charge in [0.15, 0.2) is 0 Å². The summed E-state index contributed by atoms with van der Waals surface area (Å²) in [5, 5.41) is 0. The van der Waals surface area contributed by atoms with Crippen LogP contribution in [0.3, 0.4) is 0 Å². The van der Waals surface area contributed by atoms with E-state index in [1.165, 1.54) is 6.07 Å². The number of halogens is 5. The molecule has 3 nitrogen and oxygen atoms in total. The summed E-state index contributed by atoms with van der Waals surface area (Å²) in [6, 6.07) is 3.04. The Bertz CT molecular complexity index is 589. The van der Waals surface area contributed by atoms with Crippen molar-refractivity contribution in [3.63, 3.8) is 0 Å². The van der Waals surface area contributed by atoms with Crippen molar-refractivity contribution in [2.45, 2.75) is 13.0 Å². The second-order valence-corrected chi connectivity index (χ2v) is 3.66. The van der Waals surface area contributed by atoms with Gasteiger partial charge in [-0.2, -0.15) is 8.78 Å². The summed E-state index contributed by atoms with van der Waals surface area (Å²) in [7, 11) is 0. The van der Waals surface area contributed by atoms with Crippen molar-refractivity contribution in [2.75, 3.05) is 0 Å². The van der Waals surface area contributed by atoms with Crippen LogP contribution in [0.1, 0.15) is 12.0 Å². The molecule has 0 aliphatic carbocycles. The topological polar surface area (TPSA) is 35.0 Å². The number of alkyl halides is 4. The number of aromatic nitrogens is 2. The average molecular weight is 290 g/mol. The first-order valence-electron chi connectivity index (χ1n) is 5.32. The maximum atomic E-state index is 13.1. The molecule has 0 N–H and O–H groups in total. The van der Waals surface area contributed by atoms with Gasteiger partial charge in [0.1, 0.15) is 5.82 Å². The lowest BCUT2D eigenvalue weighted by Crippen LogP contribution is -2.04. The molecule has 2 aromatic rings. The molecule has 0 unspecified atom stereocenters. The zero-order valence-corrected chi connectivity index (χ0v) is 9.73. The van der Waals surface area contributed by atoms with E-state index in [2.05, 4.69) is 14.7 Å². The quantitative estimate of drug-likeness (QED) is 0.803. The summed E-state index contributed by atoms with van der Waals surface area (Å²) in [6.45, 7) is -3.04. The molecule has 1 aromatic heterocycles. The molecule has 8 heteroatoms. The standard InChI is InChI=1S/C12H7F5N2O/c13-8-2-1-6(3-7(8)11(14)15)9-4-19-10(5-18-9)20-12(16)17/h1-5,11-12H.